The summed E-state index contributed by atoms with van der Waals surface area (Å²) in [5.74, 6) is -0.0391. The molecule has 0 amide bonds. The van der Waals surface area contributed by atoms with Crippen molar-refractivity contribution in [1.29, 1.82) is 0 Å². The molecule has 2 saturated heterocycles. The molecule has 1 atom stereocenters. The molecule has 0 bridgehead atoms. The first-order valence-electron chi connectivity index (χ1n) is 11.0. The maximum absolute atomic E-state index is 14.7. The largest absolute Gasteiger partial charge is 0.369 e. The van der Waals surface area contributed by atoms with Crippen LogP contribution in [0.3, 0.4) is 0 Å². The van der Waals surface area contributed by atoms with Crippen molar-refractivity contribution in [2.45, 2.75) is 12.5 Å². The van der Waals surface area contributed by atoms with E-state index in [1.807, 2.05) is 42.5 Å². The van der Waals surface area contributed by atoms with Crippen LogP contribution in [0.4, 0.5) is 27.5 Å². The van der Waals surface area contributed by atoms with Crippen molar-refractivity contribution in [2.75, 3.05) is 55.1 Å². The van der Waals surface area contributed by atoms with Crippen molar-refractivity contribution >= 4 is 23.1 Å². The lowest BCUT2D eigenvalue weighted by molar-refractivity contribution is 0.154. The van der Waals surface area contributed by atoms with E-state index in [1.165, 1.54) is 11.9 Å². The summed E-state index contributed by atoms with van der Waals surface area (Å²) in [6.07, 6.45) is 1.96. The molecule has 0 unspecified atom stereocenters. The number of anilines is 4. The van der Waals surface area contributed by atoms with Gasteiger partial charge in [0.2, 0.25) is 5.95 Å². The SMILES string of the molecule is CN1CCN(c2ccc(Nc3ncc(F)c(N4OCC[C@H]4c4ccccc4)n3)cc2)CC1. The van der Waals surface area contributed by atoms with Gasteiger partial charge in [-0.25, -0.2) is 14.4 Å². The molecule has 5 rings (SSSR count). The second-order valence-electron chi connectivity index (χ2n) is 8.20. The predicted octanol–water partition coefficient (Wildman–Crippen LogP) is 3.99. The Morgan fingerprint density at radius 1 is 1.00 bits per heavy atom. The van der Waals surface area contributed by atoms with E-state index in [-0.39, 0.29) is 11.9 Å². The Morgan fingerprint density at radius 2 is 1.75 bits per heavy atom. The number of hydrogen-bond donors (Lipinski definition) is 1. The van der Waals surface area contributed by atoms with E-state index in [2.05, 4.69) is 44.3 Å². The molecule has 1 N–H and O–H groups in total. The van der Waals surface area contributed by atoms with Crippen LogP contribution < -0.4 is 15.3 Å². The first-order chi connectivity index (χ1) is 15.7. The molecular weight excluding hydrogens is 407 g/mol. The molecule has 0 aliphatic carbocycles. The monoisotopic (exact) mass is 434 g/mol. The van der Waals surface area contributed by atoms with Gasteiger partial charge in [0, 0.05) is 44.0 Å². The minimum atomic E-state index is -0.510. The topological polar surface area (TPSA) is 56.8 Å². The number of aromatic nitrogens is 2. The first kappa shape index (κ1) is 20.7. The Balaban J connectivity index is 1.32. The summed E-state index contributed by atoms with van der Waals surface area (Å²) in [6, 6.07) is 18.0. The highest BCUT2D eigenvalue weighted by Crippen LogP contribution is 2.35. The normalized spacial score (nSPS) is 19.4. The zero-order chi connectivity index (χ0) is 21.9. The minimum Gasteiger partial charge on any atom is -0.369 e. The molecule has 3 heterocycles. The molecule has 2 aliphatic heterocycles. The van der Waals surface area contributed by atoms with Gasteiger partial charge in [-0.05, 0) is 36.9 Å². The maximum atomic E-state index is 14.7. The molecule has 3 aromatic rings. The number of likely N-dealkylation sites (N-methyl/N-ethyl adjacent to an activating group) is 1. The lowest BCUT2D eigenvalue weighted by Gasteiger charge is -2.34. The summed E-state index contributed by atoms with van der Waals surface area (Å²) in [6.45, 7) is 4.68. The fourth-order valence-electron chi connectivity index (χ4n) is 4.18. The lowest BCUT2D eigenvalue weighted by Crippen LogP contribution is -2.44. The van der Waals surface area contributed by atoms with Crippen molar-refractivity contribution in [1.82, 2.24) is 14.9 Å². The van der Waals surface area contributed by atoms with E-state index in [4.69, 9.17) is 4.84 Å². The molecule has 0 radical (unpaired) electrons. The number of halogens is 1. The molecule has 2 aromatic carbocycles. The molecule has 1 aromatic heterocycles. The number of hydroxylamine groups is 1. The van der Waals surface area contributed by atoms with Crippen LogP contribution in [0.15, 0.2) is 60.8 Å². The summed E-state index contributed by atoms with van der Waals surface area (Å²) >= 11 is 0. The Morgan fingerprint density at radius 3 is 2.50 bits per heavy atom. The third-order valence-electron chi connectivity index (χ3n) is 6.02. The van der Waals surface area contributed by atoms with Crippen molar-refractivity contribution in [3.05, 3.63) is 72.2 Å². The van der Waals surface area contributed by atoms with Crippen LogP contribution in [0.25, 0.3) is 0 Å². The highest BCUT2D eigenvalue weighted by atomic mass is 19.1. The number of rotatable bonds is 5. The highest BCUT2D eigenvalue weighted by Gasteiger charge is 2.31. The van der Waals surface area contributed by atoms with E-state index in [1.54, 1.807) is 5.06 Å². The predicted molar refractivity (Wildman–Crippen MR) is 124 cm³/mol. The molecule has 0 spiro atoms. The van der Waals surface area contributed by atoms with Gasteiger partial charge in [-0.1, -0.05) is 30.3 Å². The van der Waals surface area contributed by atoms with E-state index in [0.717, 1.165) is 43.9 Å². The molecule has 7 nitrogen and oxygen atoms in total. The molecule has 32 heavy (non-hydrogen) atoms. The van der Waals surface area contributed by atoms with Gasteiger partial charge in [0.15, 0.2) is 11.6 Å². The molecule has 166 valence electrons. The summed E-state index contributed by atoms with van der Waals surface area (Å²) in [5, 5.41) is 4.75. The summed E-state index contributed by atoms with van der Waals surface area (Å²) < 4.78 is 14.7. The average molecular weight is 435 g/mol. The third kappa shape index (κ3) is 4.37. The second kappa shape index (κ2) is 9.10. The highest BCUT2D eigenvalue weighted by molar-refractivity contribution is 5.60. The van der Waals surface area contributed by atoms with Crippen LogP contribution in [0.1, 0.15) is 18.0 Å². The average Bonchev–Trinajstić information content (AvgIpc) is 3.32. The number of hydrogen-bond acceptors (Lipinski definition) is 7. The number of piperazine rings is 1. The van der Waals surface area contributed by atoms with E-state index >= 15 is 0 Å². The third-order valence-corrected chi connectivity index (χ3v) is 6.02. The van der Waals surface area contributed by atoms with E-state index in [0.29, 0.717) is 12.6 Å². The second-order valence-corrected chi connectivity index (χ2v) is 8.20. The lowest BCUT2D eigenvalue weighted by atomic mass is 10.0. The molecule has 2 fully saturated rings. The zero-order valence-electron chi connectivity index (χ0n) is 18.1. The van der Waals surface area contributed by atoms with Crippen LogP contribution in [0.5, 0.6) is 0 Å². The van der Waals surface area contributed by atoms with Crippen LogP contribution in [0, 0.1) is 5.82 Å². The number of benzene rings is 2. The summed E-state index contributed by atoms with van der Waals surface area (Å²) in [7, 11) is 2.15. The van der Waals surface area contributed by atoms with Gasteiger partial charge in [0.25, 0.3) is 0 Å². The Kier molecular flexibility index (Phi) is 5.87. The van der Waals surface area contributed by atoms with Gasteiger partial charge >= 0.3 is 0 Å². The van der Waals surface area contributed by atoms with Gasteiger partial charge in [-0.15, -0.1) is 0 Å². The van der Waals surface area contributed by atoms with Gasteiger partial charge in [-0.3, -0.25) is 4.84 Å². The van der Waals surface area contributed by atoms with E-state index in [9.17, 15) is 4.39 Å². The van der Waals surface area contributed by atoms with Crippen LogP contribution in [0.2, 0.25) is 0 Å². The number of nitrogens with zero attached hydrogens (tertiary/aromatic N) is 5. The standard InChI is InChI=1S/C24H27FN6O/c1-29-12-14-30(15-13-29)20-9-7-19(8-10-20)27-24-26-17-21(25)23(28-24)31-22(11-16-32-31)18-5-3-2-4-6-18/h2-10,17,22H,11-16H2,1H3,(H,26,27,28)/t22-/m0/s1. The van der Waals surface area contributed by atoms with Gasteiger partial charge in [0.1, 0.15) is 0 Å². The van der Waals surface area contributed by atoms with Crippen LogP contribution in [-0.4, -0.2) is 54.7 Å². The minimum absolute atomic E-state index is 0.0867. The van der Waals surface area contributed by atoms with Crippen molar-refractivity contribution < 1.29 is 9.23 Å². The van der Waals surface area contributed by atoms with Gasteiger partial charge < -0.3 is 15.1 Å². The van der Waals surface area contributed by atoms with Crippen LogP contribution >= 0.6 is 0 Å². The smallest absolute Gasteiger partial charge is 0.229 e. The Labute approximate surface area is 187 Å². The maximum Gasteiger partial charge on any atom is 0.229 e. The van der Waals surface area contributed by atoms with Crippen molar-refractivity contribution in [3.8, 4) is 0 Å². The summed E-state index contributed by atoms with van der Waals surface area (Å²) in [5.41, 5.74) is 3.11. The Bertz CT molecular complexity index is 1040. The molecule has 8 heteroatoms. The van der Waals surface area contributed by atoms with Crippen molar-refractivity contribution in [2.24, 2.45) is 0 Å². The fraction of sp³-hybridized carbons (Fsp3) is 0.333. The first-order valence-corrected chi connectivity index (χ1v) is 11.0. The molecule has 0 saturated carbocycles. The van der Waals surface area contributed by atoms with Crippen LogP contribution in [-0.2, 0) is 4.84 Å². The Hall–Kier alpha value is -3.23. The number of nitrogens with one attached hydrogen (secondary N) is 1. The molecule has 2 aliphatic rings. The van der Waals surface area contributed by atoms with E-state index < -0.39 is 5.82 Å². The van der Waals surface area contributed by atoms with Gasteiger partial charge in [0.05, 0.1) is 18.8 Å². The summed E-state index contributed by atoms with van der Waals surface area (Å²) in [4.78, 5) is 19.0. The zero-order valence-corrected chi connectivity index (χ0v) is 18.1. The van der Waals surface area contributed by atoms with Gasteiger partial charge in [-0.2, -0.15) is 4.98 Å². The molecular formula is C24H27FN6O. The fourth-order valence-corrected chi connectivity index (χ4v) is 4.18. The quantitative estimate of drug-likeness (QED) is 0.652. The van der Waals surface area contributed by atoms with Crippen molar-refractivity contribution in [3.63, 3.8) is 0 Å².